The Kier molecular flexibility index (Phi) is 3.08. The largest absolute Gasteiger partial charge is 0.243 e. The van der Waals surface area contributed by atoms with E-state index in [0.29, 0.717) is 35.4 Å². The van der Waals surface area contributed by atoms with E-state index in [1.54, 1.807) is 16.4 Å². The van der Waals surface area contributed by atoms with Gasteiger partial charge in [-0.3, -0.25) is 0 Å². The zero-order valence-corrected chi connectivity index (χ0v) is 11.4. The van der Waals surface area contributed by atoms with Gasteiger partial charge in [0.2, 0.25) is 10.0 Å². The molecule has 0 N–H and O–H groups in total. The SMILES string of the molecule is N#Cc1ccc(S(=O)(=O)N2CC3CCCC3C2)cc1. The van der Waals surface area contributed by atoms with Crippen LogP contribution in [0.5, 0.6) is 0 Å². The fraction of sp³-hybridized carbons (Fsp3) is 0.500. The molecule has 100 valence electrons. The van der Waals surface area contributed by atoms with Crippen molar-refractivity contribution in [1.29, 1.82) is 5.26 Å². The van der Waals surface area contributed by atoms with Crippen molar-refractivity contribution in [3.8, 4) is 6.07 Å². The quantitative estimate of drug-likeness (QED) is 0.829. The monoisotopic (exact) mass is 276 g/mol. The molecule has 1 heterocycles. The number of nitrogens with zero attached hydrogens (tertiary/aromatic N) is 2. The molecule has 1 aromatic rings. The second kappa shape index (κ2) is 4.62. The molecule has 2 fully saturated rings. The molecule has 2 atom stereocenters. The van der Waals surface area contributed by atoms with Gasteiger partial charge in [0.15, 0.2) is 0 Å². The van der Waals surface area contributed by atoms with Gasteiger partial charge in [-0.05, 0) is 48.9 Å². The van der Waals surface area contributed by atoms with Crippen LogP contribution in [-0.2, 0) is 10.0 Å². The summed E-state index contributed by atoms with van der Waals surface area (Å²) in [5.41, 5.74) is 0.484. The lowest BCUT2D eigenvalue weighted by molar-refractivity contribution is 0.445. The molecule has 2 aliphatic rings. The van der Waals surface area contributed by atoms with Gasteiger partial charge in [0.1, 0.15) is 0 Å². The Morgan fingerprint density at radius 3 is 2.21 bits per heavy atom. The smallest absolute Gasteiger partial charge is 0.207 e. The minimum atomic E-state index is -3.38. The Balaban J connectivity index is 1.84. The van der Waals surface area contributed by atoms with Crippen LogP contribution in [0.3, 0.4) is 0 Å². The van der Waals surface area contributed by atoms with E-state index in [4.69, 9.17) is 5.26 Å². The number of hydrogen-bond acceptors (Lipinski definition) is 3. The molecule has 0 bridgehead atoms. The van der Waals surface area contributed by atoms with Crippen molar-refractivity contribution in [3.63, 3.8) is 0 Å². The highest BCUT2D eigenvalue weighted by Gasteiger charge is 2.41. The molecule has 5 heteroatoms. The summed E-state index contributed by atoms with van der Waals surface area (Å²) in [6, 6.07) is 8.18. The van der Waals surface area contributed by atoms with Crippen molar-refractivity contribution < 1.29 is 8.42 Å². The van der Waals surface area contributed by atoms with E-state index in [1.807, 2.05) is 6.07 Å². The minimum absolute atomic E-state index is 0.298. The molecule has 2 unspecified atom stereocenters. The third-order valence-electron chi connectivity index (χ3n) is 4.31. The van der Waals surface area contributed by atoms with Gasteiger partial charge in [-0.15, -0.1) is 0 Å². The molecule has 0 radical (unpaired) electrons. The molecule has 3 rings (SSSR count). The first kappa shape index (κ1) is 12.6. The first-order chi connectivity index (χ1) is 9.11. The van der Waals surface area contributed by atoms with Gasteiger partial charge in [0.05, 0.1) is 16.5 Å². The number of nitriles is 1. The molecule has 0 aromatic heterocycles. The first-order valence-corrected chi connectivity index (χ1v) is 8.05. The standard InChI is InChI=1S/C14H16N2O2S/c15-8-11-4-6-14(7-5-11)19(17,18)16-9-12-2-1-3-13(12)10-16/h4-7,12-13H,1-3,9-10H2. The van der Waals surface area contributed by atoms with E-state index in [2.05, 4.69) is 0 Å². The summed E-state index contributed by atoms with van der Waals surface area (Å²) < 4.78 is 26.6. The maximum Gasteiger partial charge on any atom is 0.243 e. The fourth-order valence-electron chi connectivity index (χ4n) is 3.24. The summed E-state index contributed by atoms with van der Waals surface area (Å²) in [4.78, 5) is 0.298. The van der Waals surface area contributed by atoms with Gasteiger partial charge in [-0.2, -0.15) is 9.57 Å². The lowest BCUT2D eigenvalue weighted by Crippen LogP contribution is -2.29. The molecule has 1 aliphatic heterocycles. The molecule has 19 heavy (non-hydrogen) atoms. The van der Waals surface area contributed by atoms with E-state index in [9.17, 15) is 8.42 Å². The zero-order valence-electron chi connectivity index (χ0n) is 10.6. The summed E-state index contributed by atoms with van der Waals surface area (Å²) >= 11 is 0. The third-order valence-corrected chi connectivity index (χ3v) is 6.16. The van der Waals surface area contributed by atoms with Gasteiger partial charge in [-0.25, -0.2) is 8.42 Å². The maximum atomic E-state index is 12.5. The summed E-state index contributed by atoms with van der Waals surface area (Å²) in [5, 5.41) is 8.74. The second-order valence-electron chi connectivity index (χ2n) is 5.41. The molecular weight excluding hydrogens is 260 g/mol. The molecular formula is C14H16N2O2S. The van der Waals surface area contributed by atoms with Crippen LogP contribution in [0.1, 0.15) is 24.8 Å². The van der Waals surface area contributed by atoms with Crippen molar-refractivity contribution in [2.75, 3.05) is 13.1 Å². The van der Waals surface area contributed by atoms with Gasteiger partial charge in [-0.1, -0.05) is 6.42 Å². The molecule has 0 amide bonds. The lowest BCUT2D eigenvalue weighted by atomic mass is 10.0. The first-order valence-electron chi connectivity index (χ1n) is 6.61. The predicted octanol–water partition coefficient (Wildman–Crippen LogP) is 1.98. The minimum Gasteiger partial charge on any atom is -0.207 e. The van der Waals surface area contributed by atoms with Crippen LogP contribution in [0.15, 0.2) is 29.2 Å². The Hall–Kier alpha value is -1.38. The van der Waals surface area contributed by atoms with Gasteiger partial charge >= 0.3 is 0 Å². The summed E-state index contributed by atoms with van der Waals surface area (Å²) in [7, 11) is -3.38. The molecule has 1 aromatic carbocycles. The summed E-state index contributed by atoms with van der Waals surface area (Å²) in [6.45, 7) is 1.32. The Bertz CT molecular complexity index is 604. The van der Waals surface area contributed by atoms with Gasteiger partial charge in [0.25, 0.3) is 0 Å². The number of rotatable bonds is 2. The molecule has 4 nitrogen and oxygen atoms in total. The van der Waals surface area contributed by atoms with Crippen molar-refractivity contribution in [1.82, 2.24) is 4.31 Å². The maximum absolute atomic E-state index is 12.5. The number of fused-ring (bicyclic) bond motifs is 1. The zero-order chi connectivity index (χ0) is 13.5. The molecule has 1 saturated heterocycles. The van der Waals surface area contributed by atoms with Crippen LogP contribution < -0.4 is 0 Å². The van der Waals surface area contributed by atoms with Crippen molar-refractivity contribution in [3.05, 3.63) is 29.8 Å². The fourth-order valence-corrected chi connectivity index (χ4v) is 4.79. The van der Waals surface area contributed by atoms with Crippen LogP contribution >= 0.6 is 0 Å². The van der Waals surface area contributed by atoms with Crippen LogP contribution in [0, 0.1) is 23.2 Å². The number of hydrogen-bond donors (Lipinski definition) is 0. The van der Waals surface area contributed by atoms with E-state index < -0.39 is 10.0 Å². The van der Waals surface area contributed by atoms with Gasteiger partial charge in [0, 0.05) is 13.1 Å². The Morgan fingerprint density at radius 1 is 1.11 bits per heavy atom. The predicted molar refractivity (Wildman–Crippen MR) is 70.7 cm³/mol. The van der Waals surface area contributed by atoms with Crippen LogP contribution in [0.25, 0.3) is 0 Å². The number of benzene rings is 1. The highest BCUT2D eigenvalue weighted by atomic mass is 32.2. The summed E-state index contributed by atoms with van der Waals surface area (Å²) in [6.07, 6.45) is 3.55. The molecule has 0 spiro atoms. The second-order valence-corrected chi connectivity index (χ2v) is 7.35. The van der Waals surface area contributed by atoms with E-state index in [-0.39, 0.29) is 0 Å². The van der Waals surface area contributed by atoms with E-state index in [1.165, 1.54) is 18.6 Å². The highest BCUT2D eigenvalue weighted by Crippen LogP contribution is 2.39. The van der Waals surface area contributed by atoms with Crippen LogP contribution in [-0.4, -0.2) is 25.8 Å². The molecule has 1 aliphatic carbocycles. The van der Waals surface area contributed by atoms with Crippen molar-refractivity contribution >= 4 is 10.0 Å². The van der Waals surface area contributed by atoms with Crippen LogP contribution in [0.2, 0.25) is 0 Å². The topological polar surface area (TPSA) is 61.2 Å². The molecule has 1 saturated carbocycles. The third kappa shape index (κ3) is 2.15. The van der Waals surface area contributed by atoms with Crippen LogP contribution in [0.4, 0.5) is 0 Å². The Labute approximate surface area is 113 Å². The Morgan fingerprint density at radius 2 is 1.68 bits per heavy atom. The van der Waals surface area contributed by atoms with Gasteiger partial charge < -0.3 is 0 Å². The normalized spacial score (nSPS) is 27.1. The lowest BCUT2D eigenvalue weighted by Gasteiger charge is -2.17. The average Bonchev–Trinajstić information content (AvgIpc) is 2.99. The highest BCUT2D eigenvalue weighted by molar-refractivity contribution is 7.89. The summed E-state index contributed by atoms with van der Waals surface area (Å²) in [5.74, 6) is 1.10. The van der Waals surface area contributed by atoms with E-state index >= 15 is 0 Å². The van der Waals surface area contributed by atoms with E-state index in [0.717, 1.165) is 12.8 Å². The average molecular weight is 276 g/mol. The number of sulfonamides is 1. The van der Waals surface area contributed by atoms with Crippen molar-refractivity contribution in [2.45, 2.75) is 24.2 Å². The van der Waals surface area contributed by atoms with Crippen molar-refractivity contribution in [2.24, 2.45) is 11.8 Å².